The van der Waals surface area contributed by atoms with E-state index in [2.05, 4.69) is 57.7 Å². The number of hydrogen-bond acceptors (Lipinski definition) is 2. The van der Waals surface area contributed by atoms with Crippen LogP contribution in [0.1, 0.15) is 42.2 Å². The zero-order valence-electron chi connectivity index (χ0n) is 13.8. The molecule has 1 aliphatic heterocycles. The molecule has 0 aromatic heterocycles. The van der Waals surface area contributed by atoms with Crippen molar-refractivity contribution in [3.05, 3.63) is 83.4 Å². The van der Waals surface area contributed by atoms with E-state index in [9.17, 15) is 5.11 Å². The Kier molecular flexibility index (Phi) is 3.87. The molecule has 0 saturated carbocycles. The Morgan fingerprint density at radius 2 is 1.83 bits per heavy atom. The van der Waals surface area contributed by atoms with Gasteiger partial charge >= 0.3 is 0 Å². The Labute approximate surface area is 137 Å². The lowest BCUT2D eigenvalue weighted by Gasteiger charge is -2.32. The highest BCUT2D eigenvalue weighted by Crippen LogP contribution is 2.40. The summed E-state index contributed by atoms with van der Waals surface area (Å²) in [4.78, 5) is 0. The molecular formula is C21H22O2. The van der Waals surface area contributed by atoms with E-state index in [0.717, 1.165) is 28.0 Å². The first-order chi connectivity index (χ1) is 10.9. The molecular weight excluding hydrogens is 284 g/mol. The van der Waals surface area contributed by atoms with Gasteiger partial charge in [0.15, 0.2) is 0 Å². The van der Waals surface area contributed by atoms with Gasteiger partial charge in [0.1, 0.15) is 11.4 Å². The summed E-state index contributed by atoms with van der Waals surface area (Å²) >= 11 is 0. The molecule has 2 nitrogen and oxygen atoms in total. The third-order valence-electron chi connectivity index (χ3n) is 4.09. The predicted octanol–water partition coefficient (Wildman–Crippen LogP) is 4.82. The highest BCUT2D eigenvalue weighted by atomic mass is 16.5. The lowest BCUT2D eigenvalue weighted by atomic mass is 9.88. The molecule has 0 fully saturated rings. The number of aliphatic hydroxyl groups excluding tert-OH is 1. The zero-order chi connectivity index (χ0) is 16.6. The van der Waals surface area contributed by atoms with E-state index in [0.29, 0.717) is 0 Å². The summed E-state index contributed by atoms with van der Waals surface area (Å²) in [5.74, 6) is 0.841. The van der Waals surface area contributed by atoms with Crippen molar-refractivity contribution in [2.45, 2.75) is 32.5 Å². The maximum absolute atomic E-state index is 10.0. The van der Waals surface area contributed by atoms with Crippen molar-refractivity contribution in [1.29, 1.82) is 0 Å². The first-order valence-corrected chi connectivity index (χ1v) is 7.83. The average Bonchev–Trinajstić information content (AvgIpc) is 2.53. The summed E-state index contributed by atoms with van der Waals surface area (Å²) in [5, 5.41) is 10.0. The van der Waals surface area contributed by atoms with E-state index >= 15 is 0 Å². The highest BCUT2D eigenvalue weighted by molar-refractivity contribution is 5.85. The van der Waals surface area contributed by atoms with Crippen LogP contribution in [0.2, 0.25) is 0 Å². The largest absolute Gasteiger partial charge is 0.483 e. The van der Waals surface area contributed by atoms with Gasteiger partial charge in [0.25, 0.3) is 0 Å². The van der Waals surface area contributed by atoms with Crippen LogP contribution in [0.25, 0.3) is 5.57 Å². The minimum absolute atomic E-state index is 0.369. The van der Waals surface area contributed by atoms with Crippen LogP contribution in [0, 0.1) is 6.92 Å². The van der Waals surface area contributed by atoms with Gasteiger partial charge in [-0.1, -0.05) is 42.0 Å². The molecule has 1 unspecified atom stereocenters. The summed E-state index contributed by atoms with van der Waals surface area (Å²) in [6, 6.07) is 14.3. The normalized spacial score (nSPS) is 16.8. The van der Waals surface area contributed by atoms with Crippen LogP contribution in [-0.4, -0.2) is 10.7 Å². The fourth-order valence-corrected chi connectivity index (χ4v) is 2.88. The monoisotopic (exact) mass is 306 g/mol. The van der Waals surface area contributed by atoms with Gasteiger partial charge < -0.3 is 9.84 Å². The van der Waals surface area contributed by atoms with Crippen molar-refractivity contribution in [2.75, 3.05) is 0 Å². The first-order valence-electron chi connectivity index (χ1n) is 7.83. The van der Waals surface area contributed by atoms with Crippen molar-refractivity contribution >= 4 is 5.57 Å². The lowest BCUT2D eigenvalue weighted by molar-refractivity contribution is 0.158. The molecule has 0 amide bonds. The van der Waals surface area contributed by atoms with Crippen molar-refractivity contribution in [3.63, 3.8) is 0 Å². The number of aryl methyl sites for hydroxylation is 1. The SMILES string of the molecule is C=CC(O)c1ccc2c(c1)C(c1ccc(C)cc1)=CC(C)(C)O2. The number of aliphatic hydroxyl groups is 1. The molecule has 0 radical (unpaired) electrons. The Hall–Kier alpha value is -2.32. The zero-order valence-corrected chi connectivity index (χ0v) is 13.8. The van der Waals surface area contributed by atoms with Crippen molar-refractivity contribution < 1.29 is 9.84 Å². The van der Waals surface area contributed by atoms with Crippen LogP contribution in [0.4, 0.5) is 0 Å². The summed E-state index contributed by atoms with van der Waals surface area (Å²) in [6.45, 7) is 9.85. The van der Waals surface area contributed by atoms with Gasteiger partial charge in [0, 0.05) is 5.56 Å². The molecule has 0 saturated heterocycles. The Morgan fingerprint density at radius 1 is 1.13 bits per heavy atom. The Morgan fingerprint density at radius 3 is 2.48 bits per heavy atom. The smallest absolute Gasteiger partial charge is 0.128 e. The topological polar surface area (TPSA) is 29.5 Å². The van der Waals surface area contributed by atoms with Crippen LogP contribution >= 0.6 is 0 Å². The number of rotatable bonds is 3. The van der Waals surface area contributed by atoms with Crippen LogP contribution in [-0.2, 0) is 0 Å². The first kappa shape index (κ1) is 15.6. The van der Waals surface area contributed by atoms with Gasteiger partial charge in [0.2, 0.25) is 0 Å². The summed E-state index contributed by atoms with van der Waals surface area (Å²) in [6.07, 6.45) is 3.00. The average molecular weight is 306 g/mol. The second-order valence-electron chi connectivity index (χ2n) is 6.57. The van der Waals surface area contributed by atoms with Crippen LogP contribution < -0.4 is 4.74 Å². The van der Waals surface area contributed by atoms with Gasteiger partial charge in [-0.15, -0.1) is 6.58 Å². The molecule has 23 heavy (non-hydrogen) atoms. The molecule has 0 aliphatic carbocycles. The summed E-state index contributed by atoms with van der Waals surface area (Å²) < 4.78 is 6.08. The summed E-state index contributed by atoms with van der Waals surface area (Å²) in [5.41, 5.74) is 4.97. The highest BCUT2D eigenvalue weighted by Gasteiger charge is 2.27. The minimum atomic E-state index is -0.672. The second kappa shape index (κ2) is 5.71. The quantitative estimate of drug-likeness (QED) is 0.824. The molecule has 2 aromatic carbocycles. The van der Waals surface area contributed by atoms with E-state index in [-0.39, 0.29) is 5.60 Å². The van der Waals surface area contributed by atoms with Gasteiger partial charge in [-0.05, 0) is 55.7 Å². The van der Waals surface area contributed by atoms with E-state index in [4.69, 9.17) is 4.74 Å². The van der Waals surface area contributed by atoms with Gasteiger partial charge in [-0.25, -0.2) is 0 Å². The van der Waals surface area contributed by atoms with E-state index in [1.165, 1.54) is 11.6 Å². The van der Waals surface area contributed by atoms with Gasteiger partial charge in [-0.3, -0.25) is 0 Å². The van der Waals surface area contributed by atoms with Crippen LogP contribution in [0.5, 0.6) is 5.75 Å². The molecule has 1 N–H and O–H groups in total. The third kappa shape index (κ3) is 3.08. The Balaban J connectivity index is 2.16. The van der Waals surface area contributed by atoms with Crippen molar-refractivity contribution in [3.8, 4) is 5.75 Å². The molecule has 0 bridgehead atoms. The fraction of sp³-hybridized carbons (Fsp3) is 0.238. The summed E-state index contributed by atoms with van der Waals surface area (Å²) in [7, 11) is 0. The molecule has 2 heteroatoms. The molecule has 1 atom stereocenters. The van der Waals surface area contributed by atoms with E-state index < -0.39 is 6.10 Å². The maximum atomic E-state index is 10.0. The van der Waals surface area contributed by atoms with Gasteiger partial charge in [-0.2, -0.15) is 0 Å². The molecule has 118 valence electrons. The predicted molar refractivity (Wildman–Crippen MR) is 94.6 cm³/mol. The molecule has 1 aliphatic rings. The fourth-order valence-electron chi connectivity index (χ4n) is 2.88. The molecule has 1 heterocycles. The van der Waals surface area contributed by atoms with Crippen LogP contribution in [0.15, 0.2) is 61.2 Å². The van der Waals surface area contributed by atoms with Crippen molar-refractivity contribution in [1.82, 2.24) is 0 Å². The minimum Gasteiger partial charge on any atom is -0.483 e. The molecule has 3 rings (SSSR count). The maximum Gasteiger partial charge on any atom is 0.128 e. The second-order valence-corrected chi connectivity index (χ2v) is 6.57. The van der Waals surface area contributed by atoms with E-state index in [1.807, 2.05) is 18.2 Å². The number of benzene rings is 2. The molecule has 2 aromatic rings. The number of hydrogen-bond donors (Lipinski definition) is 1. The standard InChI is InChI=1S/C21H22O2/c1-5-19(22)16-10-11-20-17(12-16)18(13-21(3,4)23-20)15-8-6-14(2)7-9-15/h5-13,19,22H,1H2,2-4H3. The van der Waals surface area contributed by atoms with Crippen LogP contribution in [0.3, 0.4) is 0 Å². The van der Waals surface area contributed by atoms with Crippen molar-refractivity contribution in [2.24, 2.45) is 0 Å². The Bertz CT molecular complexity index is 767. The number of ether oxygens (including phenoxy) is 1. The third-order valence-corrected chi connectivity index (χ3v) is 4.09. The molecule has 0 spiro atoms. The van der Waals surface area contributed by atoms with E-state index in [1.54, 1.807) is 0 Å². The van der Waals surface area contributed by atoms with Gasteiger partial charge in [0.05, 0.1) is 6.10 Å². The lowest BCUT2D eigenvalue weighted by Crippen LogP contribution is -2.29. The number of fused-ring (bicyclic) bond motifs is 1.